The number of carbonyl (C=O) groups excluding carboxylic acids is 1. The van der Waals surface area contributed by atoms with Gasteiger partial charge in [-0.2, -0.15) is 0 Å². The van der Waals surface area contributed by atoms with Crippen molar-refractivity contribution < 1.29 is 4.79 Å². The lowest BCUT2D eigenvalue weighted by atomic mass is 10.0. The molecule has 7 heteroatoms. The van der Waals surface area contributed by atoms with E-state index in [0.717, 1.165) is 62.8 Å². The Morgan fingerprint density at radius 2 is 1.89 bits per heavy atom. The lowest BCUT2D eigenvalue weighted by molar-refractivity contribution is 0.0643. The number of imidazole rings is 1. The third-order valence-electron chi connectivity index (χ3n) is 6.13. The van der Waals surface area contributed by atoms with E-state index >= 15 is 0 Å². The number of H-pyrrole nitrogens is 1. The van der Waals surface area contributed by atoms with Crippen molar-refractivity contribution in [3.05, 3.63) is 34.2 Å². The van der Waals surface area contributed by atoms with Gasteiger partial charge in [0.15, 0.2) is 0 Å². The summed E-state index contributed by atoms with van der Waals surface area (Å²) >= 11 is 0. The fourth-order valence-corrected chi connectivity index (χ4v) is 4.76. The van der Waals surface area contributed by atoms with E-state index in [1.807, 2.05) is 27.7 Å². The molecule has 1 saturated heterocycles. The van der Waals surface area contributed by atoms with Crippen LogP contribution in [0.4, 0.5) is 0 Å². The maximum Gasteiger partial charge on any atom is 0.326 e. The molecule has 6 nitrogen and oxygen atoms in total. The zero-order valence-corrected chi connectivity index (χ0v) is 17.4. The van der Waals surface area contributed by atoms with Crippen LogP contribution in [-0.4, -0.2) is 46.0 Å². The van der Waals surface area contributed by atoms with Crippen molar-refractivity contribution in [3.63, 3.8) is 0 Å². The Labute approximate surface area is 172 Å². The van der Waals surface area contributed by atoms with Crippen LogP contribution in [0.25, 0.3) is 11.0 Å². The molecule has 1 aliphatic heterocycles. The number of carbonyl (C=O) groups is 1. The molecule has 2 fully saturated rings. The van der Waals surface area contributed by atoms with Gasteiger partial charge in [0.25, 0.3) is 5.91 Å². The lowest BCUT2D eigenvalue weighted by Gasteiger charge is -2.34. The van der Waals surface area contributed by atoms with Gasteiger partial charge in [-0.3, -0.25) is 9.36 Å². The maximum atomic E-state index is 13.2. The lowest BCUT2D eigenvalue weighted by Crippen LogP contribution is -2.46. The number of halogens is 1. The van der Waals surface area contributed by atoms with E-state index in [0.29, 0.717) is 17.6 Å². The number of aromatic nitrogens is 2. The molecule has 4 rings (SSSR count). The van der Waals surface area contributed by atoms with Crippen LogP contribution in [0, 0.1) is 0 Å². The molecule has 1 aromatic heterocycles. The monoisotopic (exact) mass is 406 g/mol. The Kier molecular flexibility index (Phi) is 6.83. The fraction of sp³-hybridized carbons (Fsp3) is 0.619. The number of fused-ring (bicyclic) bond motifs is 1. The standard InChI is InChI=1S/C21H30N4O2.ClH/c1-2-13-24(16-9-11-22-12-10-16)20(26)15-7-8-19-18(14-15)23-21(27)25(19)17-5-3-4-6-17;/h7-8,14,16-17,22H,2-6,9-13H2,1H3,(H,23,27);1H. The van der Waals surface area contributed by atoms with E-state index in [9.17, 15) is 9.59 Å². The summed E-state index contributed by atoms with van der Waals surface area (Å²) in [6, 6.07) is 6.31. The number of hydrogen-bond acceptors (Lipinski definition) is 3. The van der Waals surface area contributed by atoms with Crippen molar-refractivity contribution in [1.29, 1.82) is 0 Å². The number of hydrogen-bond donors (Lipinski definition) is 2. The van der Waals surface area contributed by atoms with E-state index in [2.05, 4.69) is 17.2 Å². The van der Waals surface area contributed by atoms with E-state index in [1.54, 1.807) is 0 Å². The van der Waals surface area contributed by atoms with Gasteiger partial charge in [0, 0.05) is 24.2 Å². The Balaban J connectivity index is 0.00000225. The Hall–Kier alpha value is -1.79. The number of amides is 1. The molecule has 2 aliphatic rings. The van der Waals surface area contributed by atoms with Gasteiger partial charge < -0.3 is 15.2 Å². The SMILES string of the molecule is CCCN(C(=O)c1ccc2c(c1)[nH]c(=O)n2C1CCCC1)C1CCNCC1.Cl. The van der Waals surface area contributed by atoms with Crippen molar-refractivity contribution >= 4 is 29.3 Å². The molecule has 1 amide bonds. The maximum absolute atomic E-state index is 13.2. The second-order valence-corrected chi connectivity index (χ2v) is 7.95. The van der Waals surface area contributed by atoms with Crippen molar-refractivity contribution in [2.45, 2.75) is 64.0 Å². The first-order valence-electron chi connectivity index (χ1n) is 10.4. The molecule has 28 heavy (non-hydrogen) atoms. The quantitative estimate of drug-likeness (QED) is 0.798. The molecule has 154 valence electrons. The molecule has 0 unspecified atom stereocenters. The average Bonchev–Trinajstić information content (AvgIpc) is 3.32. The highest BCUT2D eigenvalue weighted by Gasteiger charge is 2.26. The molecule has 1 aromatic carbocycles. The molecule has 2 heterocycles. The van der Waals surface area contributed by atoms with E-state index in [4.69, 9.17) is 0 Å². The number of benzene rings is 1. The highest BCUT2D eigenvalue weighted by Crippen LogP contribution is 2.31. The van der Waals surface area contributed by atoms with Crippen LogP contribution in [0.1, 0.15) is 68.3 Å². The Morgan fingerprint density at radius 3 is 2.57 bits per heavy atom. The molecule has 1 saturated carbocycles. The minimum atomic E-state index is -0.0507. The van der Waals surface area contributed by atoms with Gasteiger partial charge in [0.1, 0.15) is 0 Å². The van der Waals surface area contributed by atoms with E-state index in [-0.39, 0.29) is 24.0 Å². The minimum absolute atomic E-state index is 0. The number of nitrogens with zero attached hydrogens (tertiary/aromatic N) is 2. The van der Waals surface area contributed by atoms with Gasteiger partial charge >= 0.3 is 5.69 Å². The third kappa shape index (κ3) is 3.98. The Bertz CT molecular complexity index is 863. The zero-order chi connectivity index (χ0) is 18.8. The summed E-state index contributed by atoms with van der Waals surface area (Å²) in [5.41, 5.74) is 2.33. The normalized spacial score (nSPS) is 18.3. The van der Waals surface area contributed by atoms with Gasteiger partial charge in [-0.1, -0.05) is 19.8 Å². The molecule has 0 bridgehead atoms. The third-order valence-corrected chi connectivity index (χ3v) is 6.13. The van der Waals surface area contributed by atoms with Crippen molar-refractivity contribution in [1.82, 2.24) is 19.8 Å². The predicted molar refractivity (Wildman–Crippen MR) is 115 cm³/mol. The first-order chi connectivity index (χ1) is 13.2. The fourth-order valence-electron chi connectivity index (χ4n) is 4.76. The van der Waals surface area contributed by atoms with Crippen LogP contribution in [0.2, 0.25) is 0 Å². The molecular weight excluding hydrogens is 376 g/mol. The van der Waals surface area contributed by atoms with Crippen molar-refractivity contribution in [2.24, 2.45) is 0 Å². The van der Waals surface area contributed by atoms with Gasteiger partial charge in [-0.25, -0.2) is 4.79 Å². The number of rotatable bonds is 5. The van der Waals surface area contributed by atoms with Gasteiger partial charge in [-0.05, 0) is 63.4 Å². The van der Waals surface area contributed by atoms with E-state index < -0.39 is 0 Å². The van der Waals surface area contributed by atoms with Crippen molar-refractivity contribution in [3.8, 4) is 0 Å². The minimum Gasteiger partial charge on any atom is -0.336 e. The molecule has 2 N–H and O–H groups in total. The summed E-state index contributed by atoms with van der Waals surface area (Å²) in [4.78, 5) is 30.7. The zero-order valence-electron chi connectivity index (χ0n) is 16.6. The highest BCUT2D eigenvalue weighted by atomic mass is 35.5. The molecule has 0 atom stereocenters. The number of nitrogens with one attached hydrogen (secondary N) is 2. The van der Waals surface area contributed by atoms with Crippen LogP contribution >= 0.6 is 12.4 Å². The first-order valence-corrected chi connectivity index (χ1v) is 10.4. The number of piperidine rings is 1. The average molecular weight is 407 g/mol. The van der Waals surface area contributed by atoms with Gasteiger partial charge in [0.2, 0.25) is 0 Å². The summed E-state index contributed by atoms with van der Waals surface area (Å²) in [5, 5.41) is 3.37. The van der Waals surface area contributed by atoms with Crippen LogP contribution < -0.4 is 11.0 Å². The largest absolute Gasteiger partial charge is 0.336 e. The van der Waals surface area contributed by atoms with Crippen LogP contribution in [0.15, 0.2) is 23.0 Å². The predicted octanol–water partition coefficient (Wildman–Crippen LogP) is 3.47. The molecule has 1 aliphatic carbocycles. The van der Waals surface area contributed by atoms with E-state index in [1.165, 1.54) is 12.8 Å². The smallest absolute Gasteiger partial charge is 0.326 e. The highest BCUT2D eigenvalue weighted by molar-refractivity contribution is 5.97. The van der Waals surface area contributed by atoms with Gasteiger partial charge in [0.05, 0.1) is 11.0 Å². The van der Waals surface area contributed by atoms with Gasteiger partial charge in [-0.15, -0.1) is 12.4 Å². The Morgan fingerprint density at radius 1 is 1.18 bits per heavy atom. The topological polar surface area (TPSA) is 70.1 Å². The first kappa shape index (κ1) is 20.9. The molecule has 0 spiro atoms. The molecule has 2 aromatic rings. The molecular formula is C21H31ClN4O2. The van der Waals surface area contributed by atoms with Crippen LogP contribution in [0.3, 0.4) is 0 Å². The summed E-state index contributed by atoms with van der Waals surface area (Å²) in [5.74, 6) is 0.0834. The van der Waals surface area contributed by atoms with Crippen molar-refractivity contribution in [2.75, 3.05) is 19.6 Å². The summed E-state index contributed by atoms with van der Waals surface area (Å²) in [6.45, 7) is 4.83. The summed E-state index contributed by atoms with van der Waals surface area (Å²) in [7, 11) is 0. The summed E-state index contributed by atoms with van der Waals surface area (Å²) in [6.07, 6.45) is 7.45. The number of aromatic amines is 1. The molecule has 0 radical (unpaired) electrons. The second kappa shape index (κ2) is 9.14. The second-order valence-electron chi connectivity index (χ2n) is 7.95. The van der Waals surface area contributed by atoms with Crippen LogP contribution in [-0.2, 0) is 0 Å². The summed E-state index contributed by atoms with van der Waals surface area (Å²) < 4.78 is 1.90. The van der Waals surface area contributed by atoms with Crippen LogP contribution in [0.5, 0.6) is 0 Å².